The summed E-state index contributed by atoms with van der Waals surface area (Å²) in [7, 11) is -5.03. The standard InChI is InChI=1S/C21H16F5O4P/c22-20(23,21(24,25)26)19(16-10-4-1-5-11-16)30-31(27,28-17-12-6-2-7-13-17)29-18-14-8-3-9-15-18/h1-15,19H/t19-/m0/s1. The van der Waals surface area contributed by atoms with Gasteiger partial charge in [-0.2, -0.15) is 22.0 Å². The summed E-state index contributed by atoms with van der Waals surface area (Å²) < 4.78 is 97.0. The van der Waals surface area contributed by atoms with Crippen molar-refractivity contribution in [3.63, 3.8) is 0 Å². The lowest BCUT2D eigenvalue weighted by Crippen LogP contribution is -2.43. The third kappa shape index (κ3) is 5.62. The number of alkyl halides is 5. The lowest BCUT2D eigenvalue weighted by Gasteiger charge is -2.31. The normalized spacial score (nSPS) is 13.5. The average molecular weight is 458 g/mol. The van der Waals surface area contributed by atoms with E-state index < -0.39 is 31.6 Å². The first-order valence-electron chi connectivity index (χ1n) is 8.88. The Bertz CT molecular complexity index is 969. The van der Waals surface area contributed by atoms with E-state index in [2.05, 4.69) is 0 Å². The highest BCUT2D eigenvalue weighted by Crippen LogP contribution is 2.58. The number of para-hydroxylation sites is 2. The van der Waals surface area contributed by atoms with Crippen LogP contribution >= 0.6 is 7.82 Å². The monoisotopic (exact) mass is 458 g/mol. The van der Waals surface area contributed by atoms with Crippen LogP contribution in [-0.4, -0.2) is 12.1 Å². The van der Waals surface area contributed by atoms with Crippen LogP contribution in [0.3, 0.4) is 0 Å². The molecule has 0 spiro atoms. The molecule has 31 heavy (non-hydrogen) atoms. The third-order valence-corrected chi connectivity index (χ3v) is 5.30. The molecule has 0 N–H and O–H groups in total. The van der Waals surface area contributed by atoms with Gasteiger partial charge in [-0.25, -0.2) is 4.57 Å². The number of halogens is 5. The highest BCUT2D eigenvalue weighted by atomic mass is 31.2. The highest BCUT2D eigenvalue weighted by Gasteiger charge is 2.65. The number of phosphoric acid groups is 1. The molecule has 3 aromatic carbocycles. The summed E-state index contributed by atoms with van der Waals surface area (Å²) in [6.07, 6.45) is -8.98. The van der Waals surface area contributed by atoms with Gasteiger partial charge < -0.3 is 9.05 Å². The van der Waals surface area contributed by atoms with Gasteiger partial charge in [0.25, 0.3) is 0 Å². The van der Waals surface area contributed by atoms with E-state index in [9.17, 15) is 26.5 Å². The first kappa shape index (κ1) is 22.8. The molecule has 10 heteroatoms. The molecule has 0 bridgehead atoms. The summed E-state index contributed by atoms with van der Waals surface area (Å²) in [4.78, 5) is 0. The van der Waals surface area contributed by atoms with E-state index >= 15 is 0 Å². The van der Waals surface area contributed by atoms with E-state index in [0.29, 0.717) is 0 Å². The van der Waals surface area contributed by atoms with Crippen molar-refractivity contribution >= 4 is 7.82 Å². The molecule has 0 aliphatic carbocycles. The molecule has 0 saturated heterocycles. The first-order valence-corrected chi connectivity index (χ1v) is 10.3. The summed E-state index contributed by atoms with van der Waals surface area (Å²) in [5.41, 5.74) is -0.557. The molecule has 0 aromatic heterocycles. The van der Waals surface area contributed by atoms with Crippen molar-refractivity contribution in [1.29, 1.82) is 0 Å². The van der Waals surface area contributed by atoms with Gasteiger partial charge in [-0.05, 0) is 29.8 Å². The van der Waals surface area contributed by atoms with E-state index in [4.69, 9.17) is 13.6 Å². The van der Waals surface area contributed by atoms with Crippen molar-refractivity contribution in [2.24, 2.45) is 0 Å². The predicted octanol–water partition coefficient (Wildman–Crippen LogP) is 7.21. The van der Waals surface area contributed by atoms with Crippen LogP contribution < -0.4 is 9.05 Å². The van der Waals surface area contributed by atoms with Gasteiger partial charge in [0.1, 0.15) is 11.5 Å². The second-order valence-electron chi connectivity index (χ2n) is 6.27. The molecule has 3 rings (SSSR count). The van der Waals surface area contributed by atoms with Gasteiger partial charge in [0.15, 0.2) is 6.10 Å². The van der Waals surface area contributed by atoms with E-state index in [1.807, 2.05) is 0 Å². The fraction of sp³-hybridized carbons (Fsp3) is 0.143. The zero-order valence-electron chi connectivity index (χ0n) is 15.7. The molecule has 1 atom stereocenters. The van der Waals surface area contributed by atoms with Gasteiger partial charge >= 0.3 is 19.9 Å². The number of phosphoric ester groups is 1. The van der Waals surface area contributed by atoms with Crippen LogP contribution in [-0.2, 0) is 9.09 Å². The SMILES string of the molecule is O=P(Oc1ccccc1)(Oc1ccccc1)O[C@@H](c1ccccc1)C(F)(F)C(F)(F)F. The quantitative estimate of drug-likeness (QED) is 0.264. The Kier molecular flexibility index (Phi) is 6.67. The van der Waals surface area contributed by atoms with Crippen LogP contribution in [0.4, 0.5) is 22.0 Å². The van der Waals surface area contributed by atoms with Gasteiger partial charge in [-0.3, -0.25) is 4.52 Å². The minimum absolute atomic E-state index is 0.107. The van der Waals surface area contributed by atoms with Crippen LogP contribution in [0.25, 0.3) is 0 Å². The van der Waals surface area contributed by atoms with E-state index in [1.54, 1.807) is 12.1 Å². The van der Waals surface area contributed by atoms with Gasteiger partial charge in [0, 0.05) is 0 Å². The number of benzene rings is 3. The van der Waals surface area contributed by atoms with Crippen molar-refractivity contribution < 1.29 is 40.1 Å². The first-order chi connectivity index (χ1) is 14.6. The highest BCUT2D eigenvalue weighted by molar-refractivity contribution is 7.49. The molecule has 0 unspecified atom stereocenters. The van der Waals surface area contributed by atoms with Gasteiger partial charge in [-0.15, -0.1) is 0 Å². The van der Waals surface area contributed by atoms with Gasteiger partial charge in [0.05, 0.1) is 0 Å². The minimum atomic E-state index is -5.99. The average Bonchev–Trinajstić information content (AvgIpc) is 2.73. The Morgan fingerprint density at radius 1 is 0.645 bits per heavy atom. The molecule has 164 valence electrons. The Morgan fingerprint density at radius 3 is 1.42 bits per heavy atom. The molecular formula is C21H16F5O4P. The van der Waals surface area contributed by atoms with E-state index in [-0.39, 0.29) is 11.5 Å². The molecule has 0 aliphatic heterocycles. The van der Waals surface area contributed by atoms with Gasteiger partial charge in [-0.1, -0.05) is 66.7 Å². The van der Waals surface area contributed by atoms with Crippen molar-refractivity contribution in [3.05, 3.63) is 96.6 Å². The fourth-order valence-corrected chi connectivity index (χ4v) is 3.92. The summed E-state index contributed by atoms with van der Waals surface area (Å²) in [5.74, 6) is -5.61. The number of hydrogen-bond acceptors (Lipinski definition) is 4. The molecule has 0 heterocycles. The maximum absolute atomic E-state index is 14.4. The Labute approximate surface area is 174 Å². The van der Waals surface area contributed by atoms with Gasteiger partial charge in [0.2, 0.25) is 0 Å². The van der Waals surface area contributed by atoms with Crippen molar-refractivity contribution in [3.8, 4) is 11.5 Å². The third-order valence-electron chi connectivity index (χ3n) is 3.96. The second-order valence-corrected chi connectivity index (χ2v) is 7.74. The van der Waals surface area contributed by atoms with Crippen molar-refractivity contribution in [1.82, 2.24) is 0 Å². The van der Waals surface area contributed by atoms with E-state index in [0.717, 1.165) is 12.1 Å². The fourth-order valence-electron chi connectivity index (χ4n) is 2.52. The summed E-state index contributed by atoms with van der Waals surface area (Å²) in [6.45, 7) is 0. The Balaban J connectivity index is 2.04. The molecule has 0 amide bonds. The molecule has 0 fully saturated rings. The zero-order valence-corrected chi connectivity index (χ0v) is 16.6. The lowest BCUT2D eigenvalue weighted by atomic mass is 10.0. The summed E-state index contributed by atoms with van der Waals surface area (Å²) in [6, 6.07) is 20.4. The minimum Gasteiger partial charge on any atom is -0.395 e. The van der Waals surface area contributed by atoms with Crippen LogP contribution in [0.2, 0.25) is 0 Å². The molecular weight excluding hydrogens is 442 g/mol. The smallest absolute Gasteiger partial charge is 0.395 e. The molecule has 0 aliphatic rings. The predicted molar refractivity (Wildman–Crippen MR) is 103 cm³/mol. The number of hydrogen-bond donors (Lipinski definition) is 0. The molecule has 0 radical (unpaired) electrons. The maximum Gasteiger partial charge on any atom is 0.588 e. The van der Waals surface area contributed by atoms with Crippen LogP contribution in [0.15, 0.2) is 91.0 Å². The van der Waals surface area contributed by atoms with Crippen LogP contribution in [0.1, 0.15) is 11.7 Å². The number of rotatable bonds is 8. The molecule has 3 aromatic rings. The van der Waals surface area contributed by atoms with E-state index in [1.165, 1.54) is 66.7 Å². The Hall–Kier alpha value is -2.90. The van der Waals surface area contributed by atoms with Crippen LogP contribution in [0.5, 0.6) is 11.5 Å². The maximum atomic E-state index is 14.4. The largest absolute Gasteiger partial charge is 0.588 e. The van der Waals surface area contributed by atoms with Crippen LogP contribution in [0, 0.1) is 0 Å². The molecule has 4 nitrogen and oxygen atoms in total. The topological polar surface area (TPSA) is 44.8 Å². The second kappa shape index (κ2) is 9.08. The summed E-state index contributed by atoms with van der Waals surface area (Å²) in [5, 5.41) is 0. The lowest BCUT2D eigenvalue weighted by molar-refractivity contribution is -0.312. The molecule has 0 saturated carbocycles. The van der Waals surface area contributed by atoms with Crippen molar-refractivity contribution in [2.75, 3.05) is 0 Å². The zero-order chi connectivity index (χ0) is 22.5. The Morgan fingerprint density at radius 2 is 1.03 bits per heavy atom. The van der Waals surface area contributed by atoms with Crippen molar-refractivity contribution in [2.45, 2.75) is 18.2 Å². The summed E-state index contributed by atoms with van der Waals surface area (Å²) >= 11 is 0.